The number of hydrogen-bond donors (Lipinski definition) is 7. The Morgan fingerprint density at radius 3 is 2.31 bits per heavy atom. The van der Waals surface area contributed by atoms with Gasteiger partial charge in [-0.25, -0.2) is 0 Å². The largest absolute Gasteiger partial charge is 0.396 e. The van der Waals surface area contributed by atoms with Gasteiger partial charge in [0.05, 0.1) is 36.6 Å². The smallest absolute Gasteiger partial charge is 0.187 e. The summed E-state index contributed by atoms with van der Waals surface area (Å²) in [7, 11) is 1.43. The summed E-state index contributed by atoms with van der Waals surface area (Å²) in [6.07, 6.45) is -0.00787. The van der Waals surface area contributed by atoms with E-state index in [-0.39, 0.29) is 37.4 Å². The topological polar surface area (TPSA) is 169 Å². The molecule has 0 aromatic carbocycles. The number of aliphatic hydroxyl groups is 7. The van der Waals surface area contributed by atoms with Crippen LogP contribution in [-0.4, -0.2) is 111 Å². The van der Waals surface area contributed by atoms with E-state index < -0.39 is 71.4 Å². The van der Waals surface area contributed by atoms with Crippen molar-refractivity contribution in [3.05, 3.63) is 11.6 Å². The van der Waals surface area contributed by atoms with E-state index in [0.717, 1.165) is 37.7 Å². The first-order valence-corrected chi connectivity index (χ1v) is 17.4. The van der Waals surface area contributed by atoms with Crippen LogP contribution < -0.4 is 0 Å². The molecule has 10 nitrogen and oxygen atoms in total. The zero-order chi connectivity index (χ0) is 33.1. The molecule has 10 heteroatoms. The SMILES string of the molecule is COC1C(O[C@@H]2C=C3[C@H](O)C[C@]4(O)C(CC[C@@]5(C)C4[C@@H](O)[C@H](O)[C@@H]5[C@H](C)CC[C@H](CCO)C(C)C)[C@@]3(C)CC2)OCC(O)C1O. The molecule has 16 atom stereocenters. The van der Waals surface area contributed by atoms with Gasteiger partial charge < -0.3 is 50.0 Å². The molecule has 6 unspecified atom stereocenters. The van der Waals surface area contributed by atoms with E-state index in [1.807, 2.05) is 6.08 Å². The van der Waals surface area contributed by atoms with Crippen molar-refractivity contribution in [1.29, 1.82) is 0 Å². The molecule has 260 valence electrons. The molecule has 4 fully saturated rings. The second-order valence-corrected chi connectivity index (χ2v) is 16.1. The van der Waals surface area contributed by atoms with Crippen molar-refractivity contribution < 1.29 is 50.0 Å². The van der Waals surface area contributed by atoms with Crippen LogP contribution in [0.4, 0.5) is 0 Å². The lowest BCUT2D eigenvalue weighted by Gasteiger charge is -2.64. The number of hydrogen-bond acceptors (Lipinski definition) is 10. The van der Waals surface area contributed by atoms with Crippen molar-refractivity contribution in [2.75, 3.05) is 20.3 Å². The molecular formula is C35H60O10. The molecular weight excluding hydrogens is 580 g/mol. The summed E-state index contributed by atoms with van der Waals surface area (Å²) in [6, 6.07) is 0. The third kappa shape index (κ3) is 5.97. The first-order valence-electron chi connectivity index (χ1n) is 17.4. The monoisotopic (exact) mass is 640 g/mol. The predicted octanol–water partition coefficient (Wildman–Crippen LogP) is 2.14. The fourth-order valence-electron chi connectivity index (χ4n) is 11.0. The molecule has 5 aliphatic rings. The molecule has 0 spiro atoms. The molecule has 0 aromatic heterocycles. The molecule has 4 aliphatic carbocycles. The Morgan fingerprint density at radius 2 is 1.67 bits per heavy atom. The summed E-state index contributed by atoms with van der Waals surface area (Å²) in [6.45, 7) is 10.8. The van der Waals surface area contributed by atoms with Gasteiger partial charge in [0.1, 0.15) is 18.3 Å². The Hall–Kier alpha value is -0.660. The van der Waals surface area contributed by atoms with Crippen molar-refractivity contribution in [2.45, 2.75) is 141 Å². The minimum atomic E-state index is -1.35. The molecule has 5 rings (SSSR count). The quantitative estimate of drug-likeness (QED) is 0.176. The highest BCUT2D eigenvalue weighted by molar-refractivity contribution is 5.33. The lowest BCUT2D eigenvalue weighted by molar-refractivity contribution is -0.285. The van der Waals surface area contributed by atoms with Gasteiger partial charge in [0.25, 0.3) is 0 Å². The second kappa shape index (κ2) is 13.3. The van der Waals surface area contributed by atoms with Crippen LogP contribution in [-0.2, 0) is 14.2 Å². The summed E-state index contributed by atoms with van der Waals surface area (Å²) < 4.78 is 17.3. The molecule has 7 N–H and O–H groups in total. The minimum absolute atomic E-state index is 0.0701. The summed E-state index contributed by atoms with van der Waals surface area (Å²) in [5.41, 5.74) is -1.55. The third-order valence-corrected chi connectivity index (χ3v) is 13.3. The number of rotatable bonds is 10. The molecule has 3 saturated carbocycles. The fourth-order valence-corrected chi connectivity index (χ4v) is 11.0. The van der Waals surface area contributed by atoms with Gasteiger partial charge in [-0.2, -0.15) is 0 Å². The number of methoxy groups -OCH3 is 1. The van der Waals surface area contributed by atoms with Gasteiger partial charge in [-0.3, -0.25) is 0 Å². The summed E-state index contributed by atoms with van der Waals surface area (Å²) >= 11 is 0. The van der Waals surface area contributed by atoms with Crippen LogP contribution in [0.2, 0.25) is 0 Å². The number of ether oxygens (including phenoxy) is 3. The number of aliphatic hydroxyl groups excluding tert-OH is 6. The van der Waals surface area contributed by atoms with Crippen LogP contribution >= 0.6 is 0 Å². The highest BCUT2D eigenvalue weighted by Gasteiger charge is 2.72. The van der Waals surface area contributed by atoms with Crippen molar-refractivity contribution in [2.24, 2.45) is 46.3 Å². The average Bonchev–Trinajstić information content (AvgIpc) is 3.18. The Morgan fingerprint density at radius 1 is 0.956 bits per heavy atom. The van der Waals surface area contributed by atoms with Crippen molar-refractivity contribution in [1.82, 2.24) is 0 Å². The molecule has 0 radical (unpaired) electrons. The maximum atomic E-state index is 12.7. The summed E-state index contributed by atoms with van der Waals surface area (Å²) in [5, 5.41) is 77.6. The zero-order valence-corrected chi connectivity index (χ0v) is 28.1. The van der Waals surface area contributed by atoms with Crippen LogP contribution in [0.5, 0.6) is 0 Å². The molecule has 1 heterocycles. The van der Waals surface area contributed by atoms with E-state index in [2.05, 4.69) is 34.6 Å². The van der Waals surface area contributed by atoms with Gasteiger partial charge in [-0.15, -0.1) is 0 Å². The summed E-state index contributed by atoms with van der Waals surface area (Å²) in [5.74, 6) is -0.00485. The lowest BCUT2D eigenvalue weighted by atomic mass is 9.43. The Kier molecular flexibility index (Phi) is 10.6. The van der Waals surface area contributed by atoms with E-state index in [9.17, 15) is 35.7 Å². The highest BCUT2D eigenvalue weighted by atomic mass is 16.7. The Bertz CT molecular complexity index is 1050. The molecule has 45 heavy (non-hydrogen) atoms. The van der Waals surface area contributed by atoms with Crippen LogP contribution in [0.15, 0.2) is 11.6 Å². The van der Waals surface area contributed by atoms with Crippen molar-refractivity contribution >= 4 is 0 Å². The molecule has 1 aliphatic heterocycles. The van der Waals surface area contributed by atoms with E-state index in [4.69, 9.17) is 14.2 Å². The maximum Gasteiger partial charge on any atom is 0.187 e. The van der Waals surface area contributed by atoms with E-state index in [0.29, 0.717) is 24.7 Å². The van der Waals surface area contributed by atoms with Crippen LogP contribution in [0.3, 0.4) is 0 Å². The fraction of sp³-hybridized carbons (Fsp3) is 0.943. The summed E-state index contributed by atoms with van der Waals surface area (Å²) in [4.78, 5) is 0. The third-order valence-electron chi connectivity index (χ3n) is 13.3. The van der Waals surface area contributed by atoms with E-state index in [1.54, 1.807) is 0 Å². The first kappa shape index (κ1) is 35.6. The van der Waals surface area contributed by atoms with Gasteiger partial charge in [0, 0.05) is 26.1 Å². The van der Waals surface area contributed by atoms with Crippen molar-refractivity contribution in [3.63, 3.8) is 0 Å². The predicted molar refractivity (Wildman–Crippen MR) is 167 cm³/mol. The first-order chi connectivity index (χ1) is 21.1. The van der Waals surface area contributed by atoms with Gasteiger partial charge >= 0.3 is 0 Å². The van der Waals surface area contributed by atoms with Crippen LogP contribution in [0.25, 0.3) is 0 Å². The second-order valence-electron chi connectivity index (χ2n) is 16.1. The standard InChI is InChI=1S/C35H60O10/c1-18(2)20(11-14-36)8-7-19(3)26-28(40)29(41)31-34(26,5)13-10-25-33(4)12-9-21(15-22(33)23(37)16-35(25,31)42)45-32-30(43-6)27(39)24(38)17-44-32/h15,18-21,23-32,36-42H,7-14,16-17H2,1-6H3/t19-,20-,21+,23-,24?,25?,26+,27?,28-,29+,30?,31?,32?,33+,34-,35+/m1/s1. The molecule has 0 bridgehead atoms. The maximum absolute atomic E-state index is 12.7. The van der Waals surface area contributed by atoms with Crippen LogP contribution in [0.1, 0.15) is 86.0 Å². The zero-order valence-electron chi connectivity index (χ0n) is 28.1. The lowest BCUT2D eigenvalue weighted by Crippen LogP contribution is -2.66. The Balaban J connectivity index is 1.36. The van der Waals surface area contributed by atoms with Gasteiger partial charge in [0.15, 0.2) is 6.29 Å². The minimum Gasteiger partial charge on any atom is -0.396 e. The molecule has 0 aromatic rings. The highest BCUT2D eigenvalue weighted by Crippen LogP contribution is 2.69. The normalized spacial score (nSPS) is 49.6. The Labute approximate surface area is 268 Å². The number of fused-ring (bicyclic) bond motifs is 5. The van der Waals surface area contributed by atoms with Gasteiger partial charge in [0.2, 0.25) is 0 Å². The van der Waals surface area contributed by atoms with Crippen LogP contribution in [0, 0.1) is 46.3 Å². The van der Waals surface area contributed by atoms with E-state index in [1.165, 1.54) is 7.11 Å². The molecule has 0 amide bonds. The van der Waals surface area contributed by atoms with Crippen molar-refractivity contribution in [3.8, 4) is 0 Å². The van der Waals surface area contributed by atoms with Gasteiger partial charge in [-0.05, 0) is 84.5 Å². The molecule has 1 saturated heterocycles. The van der Waals surface area contributed by atoms with E-state index >= 15 is 0 Å². The average molecular weight is 641 g/mol. The van der Waals surface area contributed by atoms with Gasteiger partial charge in [-0.1, -0.05) is 47.1 Å².